The number of hydrogen-bond acceptors (Lipinski definition) is 3. The van der Waals surface area contributed by atoms with Gasteiger partial charge < -0.3 is 5.73 Å². The molecule has 0 saturated heterocycles. The van der Waals surface area contributed by atoms with Gasteiger partial charge in [0.05, 0.1) is 4.90 Å². The van der Waals surface area contributed by atoms with Crippen molar-refractivity contribution in [1.29, 1.82) is 0 Å². The Balaban J connectivity index is 3.18. The molecule has 1 rings (SSSR count). The maximum Gasteiger partial charge on any atom is 0.243 e. The second-order valence-electron chi connectivity index (χ2n) is 6.47. The molecular weight excluding hydrogens is 284 g/mol. The van der Waals surface area contributed by atoms with Gasteiger partial charge in [-0.2, -0.15) is 4.31 Å². The van der Waals surface area contributed by atoms with Gasteiger partial charge in [0.1, 0.15) is 0 Å². The first-order valence-electron chi connectivity index (χ1n) is 7.50. The van der Waals surface area contributed by atoms with Crippen molar-refractivity contribution in [2.24, 2.45) is 17.6 Å². The first-order chi connectivity index (χ1) is 9.64. The summed E-state index contributed by atoms with van der Waals surface area (Å²) in [6, 6.07) is 6.78. The van der Waals surface area contributed by atoms with Gasteiger partial charge in [-0.1, -0.05) is 39.8 Å². The summed E-state index contributed by atoms with van der Waals surface area (Å²) in [6.45, 7) is 11.0. The lowest BCUT2D eigenvalue weighted by atomic mass is 10.1. The van der Waals surface area contributed by atoms with Crippen LogP contribution in [0.3, 0.4) is 0 Å². The second-order valence-corrected chi connectivity index (χ2v) is 8.41. The largest absolute Gasteiger partial charge is 0.324 e. The van der Waals surface area contributed by atoms with Gasteiger partial charge in [0.15, 0.2) is 0 Å². The Labute approximate surface area is 129 Å². The third kappa shape index (κ3) is 5.09. The topological polar surface area (TPSA) is 63.4 Å². The molecule has 0 aromatic heterocycles. The van der Waals surface area contributed by atoms with Crippen molar-refractivity contribution in [3.8, 4) is 0 Å². The number of hydrogen-bond donors (Lipinski definition) is 1. The lowest BCUT2D eigenvalue weighted by Gasteiger charge is -2.26. The van der Waals surface area contributed by atoms with E-state index in [1.807, 2.05) is 40.7 Å². The molecule has 1 unspecified atom stereocenters. The summed E-state index contributed by atoms with van der Waals surface area (Å²) >= 11 is 0. The van der Waals surface area contributed by atoms with E-state index in [0.29, 0.717) is 18.0 Å². The molecule has 21 heavy (non-hydrogen) atoms. The van der Waals surface area contributed by atoms with Crippen LogP contribution in [0.2, 0.25) is 0 Å². The van der Waals surface area contributed by atoms with Crippen molar-refractivity contribution < 1.29 is 8.42 Å². The Kier molecular flexibility index (Phi) is 6.38. The molecule has 0 aliphatic rings. The van der Waals surface area contributed by atoms with Crippen molar-refractivity contribution in [1.82, 2.24) is 4.31 Å². The molecule has 120 valence electrons. The van der Waals surface area contributed by atoms with Crippen molar-refractivity contribution in [2.75, 3.05) is 13.1 Å². The van der Waals surface area contributed by atoms with Crippen molar-refractivity contribution >= 4 is 10.0 Å². The zero-order chi connectivity index (χ0) is 16.2. The highest BCUT2D eigenvalue weighted by atomic mass is 32.2. The number of nitrogens with zero attached hydrogens (tertiary/aromatic N) is 1. The fraction of sp³-hybridized carbons (Fsp3) is 0.625. The van der Waals surface area contributed by atoms with E-state index in [1.54, 1.807) is 22.5 Å². The first kappa shape index (κ1) is 18.1. The quantitative estimate of drug-likeness (QED) is 0.842. The van der Waals surface area contributed by atoms with Gasteiger partial charge in [-0.05, 0) is 36.5 Å². The van der Waals surface area contributed by atoms with Crippen LogP contribution in [0.5, 0.6) is 0 Å². The minimum atomic E-state index is -3.47. The van der Waals surface area contributed by atoms with Gasteiger partial charge >= 0.3 is 0 Å². The van der Waals surface area contributed by atoms with Crippen molar-refractivity contribution in [3.05, 3.63) is 29.8 Å². The molecule has 0 aliphatic carbocycles. The van der Waals surface area contributed by atoms with E-state index >= 15 is 0 Å². The van der Waals surface area contributed by atoms with E-state index in [2.05, 4.69) is 0 Å². The summed E-state index contributed by atoms with van der Waals surface area (Å²) in [5.74, 6) is 0.574. The summed E-state index contributed by atoms with van der Waals surface area (Å²) < 4.78 is 27.3. The fourth-order valence-electron chi connectivity index (χ4n) is 2.19. The summed E-state index contributed by atoms with van der Waals surface area (Å²) in [4.78, 5) is 0.332. The smallest absolute Gasteiger partial charge is 0.243 e. The van der Waals surface area contributed by atoms with E-state index in [9.17, 15) is 8.42 Å². The fourth-order valence-corrected chi connectivity index (χ4v) is 4.02. The van der Waals surface area contributed by atoms with Crippen LogP contribution >= 0.6 is 0 Å². The maximum atomic E-state index is 12.9. The zero-order valence-electron chi connectivity index (χ0n) is 13.7. The SMILES string of the molecule is CC(C)CN(CC(C)C)S(=O)(=O)c1cccc(C(C)N)c1. The molecule has 5 heteroatoms. The molecule has 2 N–H and O–H groups in total. The van der Waals surface area contributed by atoms with Crippen LogP contribution in [0.25, 0.3) is 0 Å². The number of nitrogens with two attached hydrogens (primary N) is 1. The molecule has 0 saturated carbocycles. The van der Waals surface area contributed by atoms with Crippen LogP contribution in [-0.2, 0) is 10.0 Å². The van der Waals surface area contributed by atoms with Crippen LogP contribution < -0.4 is 5.73 Å². The van der Waals surface area contributed by atoms with Crippen LogP contribution in [0.15, 0.2) is 29.2 Å². The monoisotopic (exact) mass is 312 g/mol. The summed E-state index contributed by atoms with van der Waals surface area (Å²) in [7, 11) is -3.47. The lowest BCUT2D eigenvalue weighted by Crippen LogP contribution is -2.37. The molecule has 1 atom stereocenters. The van der Waals surface area contributed by atoms with Crippen molar-refractivity contribution in [2.45, 2.75) is 45.6 Å². The molecule has 0 heterocycles. The Bertz CT molecular complexity index is 541. The molecule has 1 aromatic rings. The van der Waals surface area contributed by atoms with Gasteiger partial charge in [0, 0.05) is 19.1 Å². The van der Waals surface area contributed by atoms with Gasteiger partial charge in [-0.15, -0.1) is 0 Å². The lowest BCUT2D eigenvalue weighted by molar-refractivity contribution is 0.333. The maximum absolute atomic E-state index is 12.9. The second kappa shape index (κ2) is 7.38. The standard InChI is InChI=1S/C16H28N2O2S/c1-12(2)10-18(11-13(3)4)21(19,20)16-8-6-7-15(9-16)14(5)17/h6-9,12-14H,10-11,17H2,1-5H3. The molecule has 0 radical (unpaired) electrons. The minimum absolute atomic E-state index is 0.177. The molecule has 0 spiro atoms. The molecule has 1 aromatic carbocycles. The van der Waals surface area contributed by atoms with Crippen LogP contribution in [0, 0.1) is 11.8 Å². The average molecular weight is 312 g/mol. The van der Waals surface area contributed by atoms with Gasteiger partial charge in [0.25, 0.3) is 0 Å². The minimum Gasteiger partial charge on any atom is -0.324 e. The zero-order valence-corrected chi connectivity index (χ0v) is 14.5. The number of benzene rings is 1. The highest BCUT2D eigenvalue weighted by Gasteiger charge is 2.26. The van der Waals surface area contributed by atoms with Gasteiger partial charge in [-0.3, -0.25) is 0 Å². The molecular formula is C16H28N2O2S. The van der Waals surface area contributed by atoms with E-state index in [1.165, 1.54) is 0 Å². The van der Waals surface area contributed by atoms with Crippen LogP contribution in [-0.4, -0.2) is 25.8 Å². The highest BCUT2D eigenvalue weighted by molar-refractivity contribution is 7.89. The Morgan fingerprint density at radius 2 is 1.57 bits per heavy atom. The Morgan fingerprint density at radius 1 is 1.05 bits per heavy atom. The predicted octanol–water partition coefficient (Wildman–Crippen LogP) is 3.01. The molecule has 0 bridgehead atoms. The first-order valence-corrected chi connectivity index (χ1v) is 8.94. The van der Waals surface area contributed by atoms with E-state index in [-0.39, 0.29) is 17.9 Å². The number of rotatable bonds is 7. The molecule has 4 nitrogen and oxygen atoms in total. The normalized spacial score (nSPS) is 14.1. The van der Waals surface area contributed by atoms with Crippen molar-refractivity contribution in [3.63, 3.8) is 0 Å². The van der Waals surface area contributed by atoms with E-state index < -0.39 is 10.0 Å². The summed E-state index contributed by atoms with van der Waals surface area (Å²) in [6.07, 6.45) is 0. The third-order valence-electron chi connectivity index (χ3n) is 3.16. The predicted molar refractivity (Wildman–Crippen MR) is 87.5 cm³/mol. The Hall–Kier alpha value is -0.910. The molecule has 0 aliphatic heterocycles. The van der Waals surface area contributed by atoms with Gasteiger partial charge in [0.2, 0.25) is 10.0 Å². The average Bonchev–Trinajstić information content (AvgIpc) is 2.37. The molecule has 0 amide bonds. The third-order valence-corrected chi connectivity index (χ3v) is 4.99. The summed E-state index contributed by atoms with van der Waals surface area (Å²) in [5, 5.41) is 0. The highest BCUT2D eigenvalue weighted by Crippen LogP contribution is 2.21. The Morgan fingerprint density at radius 3 is 2.00 bits per heavy atom. The van der Waals surface area contributed by atoms with Crippen LogP contribution in [0.4, 0.5) is 0 Å². The van der Waals surface area contributed by atoms with Crippen LogP contribution in [0.1, 0.15) is 46.2 Å². The van der Waals surface area contributed by atoms with Gasteiger partial charge in [-0.25, -0.2) is 8.42 Å². The van der Waals surface area contributed by atoms with E-state index in [4.69, 9.17) is 5.73 Å². The van der Waals surface area contributed by atoms with E-state index in [0.717, 1.165) is 5.56 Å². The summed E-state index contributed by atoms with van der Waals surface area (Å²) in [5.41, 5.74) is 6.69. The number of sulfonamides is 1. The molecule has 0 fully saturated rings.